The topological polar surface area (TPSA) is 42.1 Å². The molecule has 0 aliphatic carbocycles. The number of aromatic nitrogens is 1. The summed E-state index contributed by atoms with van der Waals surface area (Å²) in [5, 5.41) is 9.41. The van der Waals surface area contributed by atoms with Crippen LogP contribution in [0.4, 0.5) is 0 Å². The minimum Gasteiger partial charge on any atom is -0.455 e. The lowest BCUT2D eigenvalue weighted by molar-refractivity contribution is 0.665. The van der Waals surface area contributed by atoms with Gasteiger partial charge in [0, 0.05) is 60.1 Å². The van der Waals surface area contributed by atoms with Crippen LogP contribution in [0.15, 0.2) is 142 Å². The van der Waals surface area contributed by atoms with E-state index in [2.05, 4.69) is 126 Å². The smallest absolute Gasteiger partial charge is 0.143 e. The Labute approximate surface area is 245 Å². The molecule has 0 fully saturated rings. The van der Waals surface area contributed by atoms with Gasteiger partial charge in [-0.3, -0.25) is 0 Å². The van der Waals surface area contributed by atoms with Crippen molar-refractivity contribution in [3.8, 4) is 22.3 Å². The van der Waals surface area contributed by atoms with Crippen molar-refractivity contribution in [2.75, 3.05) is 0 Å². The van der Waals surface area contributed by atoms with E-state index in [1.807, 2.05) is 12.1 Å². The number of hydrogen-bond acceptors (Lipinski definition) is 2. The second-order valence-electron chi connectivity index (χ2n) is 11.3. The summed E-state index contributed by atoms with van der Waals surface area (Å²) in [5.41, 5.74) is 10.0. The molecule has 3 aromatic heterocycles. The van der Waals surface area contributed by atoms with Gasteiger partial charge in [-0.05, 0) is 22.9 Å². The Kier molecular flexibility index (Phi) is 4.45. The Morgan fingerprint density at radius 2 is 0.907 bits per heavy atom. The van der Waals surface area contributed by atoms with Gasteiger partial charge in [0.2, 0.25) is 0 Å². The van der Waals surface area contributed by atoms with Crippen molar-refractivity contribution in [3.05, 3.63) is 133 Å². The lowest BCUT2D eigenvalue weighted by atomic mass is 9.97. The van der Waals surface area contributed by atoms with E-state index in [1.54, 1.807) is 0 Å². The molecule has 0 radical (unpaired) electrons. The first-order valence-electron chi connectivity index (χ1n) is 14.6. The summed E-state index contributed by atoms with van der Waals surface area (Å²) in [4.78, 5) is 3.75. The summed E-state index contributed by atoms with van der Waals surface area (Å²) in [6.07, 6.45) is 0. The first-order chi connectivity index (χ1) is 21.3. The normalized spacial score (nSPS) is 12.2. The third kappa shape index (κ3) is 3.08. The lowest BCUT2D eigenvalue weighted by Crippen LogP contribution is -1.81. The zero-order chi connectivity index (χ0) is 28.1. The molecule has 10 aromatic rings. The highest BCUT2D eigenvalue weighted by Crippen LogP contribution is 2.44. The predicted molar refractivity (Wildman–Crippen MR) is 179 cm³/mol. The molecule has 1 N–H and O–H groups in total. The second-order valence-corrected chi connectivity index (χ2v) is 11.3. The fourth-order valence-electron chi connectivity index (χ4n) is 7.12. The average molecular weight is 550 g/mol. The molecule has 0 amide bonds. The van der Waals surface area contributed by atoms with Gasteiger partial charge in [-0.1, -0.05) is 121 Å². The van der Waals surface area contributed by atoms with E-state index < -0.39 is 0 Å². The number of para-hydroxylation sites is 5. The van der Waals surface area contributed by atoms with E-state index in [0.717, 1.165) is 77.2 Å². The van der Waals surface area contributed by atoms with Gasteiger partial charge in [-0.2, -0.15) is 0 Å². The maximum Gasteiger partial charge on any atom is 0.143 e. The molecule has 3 heteroatoms. The van der Waals surface area contributed by atoms with Crippen LogP contribution >= 0.6 is 0 Å². The maximum absolute atomic E-state index is 6.88. The van der Waals surface area contributed by atoms with Crippen molar-refractivity contribution < 1.29 is 8.83 Å². The third-order valence-electron chi connectivity index (χ3n) is 9.03. The van der Waals surface area contributed by atoms with Crippen LogP contribution in [-0.2, 0) is 0 Å². The average Bonchev–Trinajstić information content (AvgIpc) is 3.76. The van der Waals surface area contributed by atoms with Crippen LogP contribution in [0.2, 0.25) is 0 Å². The maximum atomic E-state index is 6.88. The van der Waals surface area contributed by atoms with E-state index in [0.29, 0.717) is 0 Å². The van der Waals surface area contributed by atoms with Crippen LogP contribution in [0.5, 0.6) is 0 Å². The van der Waals surface area contributed by atoms with Crippen molar-refractivity contribution >= 4 is 76.5 Å². The highest BCUT2D eigenvalue weighted by atomic mass is 16.3. The van der Waals surface area contributed by atoms with Gasteiger partial charge in [0.05, 0.1) is 5.52 Å². The monoisotopic (exact) mass is 549 g/mol. The summed E-state index contributed by atoms with van der Waals surface area (Å²) >= 11 is 0. The molecule has 10 rings (SSSR count). The fourth-order valence-corrected chi connectivity index (χ4v) is 7.12. The molecule has 3 nitrogen and oxygen atoms in total. The minimum absolute atomic E-state index is 0.868. The van der Waals surface area contributed by atoms with Gasteiger partial charge >= 0.3 is 0 Å². The Hall–Kier alpha value is -5.80. The molecule has 200 valence electrons. The SMILES string of the molecule is c1ccc2c(c1)ccc1[nH]c3c(-c4cccc5c4oc4c(-c6cccc7c6oc6ccccc67)cccc45)cccc3c12. The predicted octanol–water partition coefficient (Wildman–Crippen LogP) is 11.6. The number of nitrogens with one attached hydrogen (secondary N) is 1. The summed E-state index contributed by atoms with van der Waals surface area (Å²) < 4.78 is 13.3. The third-order valence-corrected chi connectivity index (χ3v) is 9.03. The molecule has 7 aromatic carbocycles. The van der Waals surface area contributed by atoms with E-state index >= 15 is 0 Å². The quantitative estimate of drug-likeness (QED) is 0.233. The Morgan fingerprint density at radius 3 is 1.65 bits per heavy atom. The Morgan fingerprint density at radius 1 is 0.372 bits per heavy atom. The number of H-pyrrole nitrogens is 1. The van der Waals surface area contributed by atoms with E-state index in [9.17, 15) is 0 Å². The van der Waals surface area contributed by atoms with E-state index in [-0.39, 0.29) is 0 Å². The molecule has 0 bridgehead atoms. The standard InChI is InChI=1S/C40H23NO2/c1-2-10-24-23(9-1)21-22-34-36(24)33-19-5-12-26(37(33)41-34)28-14-7-16-31-32-18-8-17-30(40(32)43-39(28)31)29-15-6-13-27-25-11-3-4-20-35(25)42-38(27)29/h1-22,41H. The van der Waals surface area contributed by atoms with Crippen molar-refractivity contribution in [2.45, 2.75) is 0 Å². The van der Waals surface area contributed by atoms with E-state index in [4.69, 9.17) is 8.83 Å². The fraction of sp³-hybridized carbons (Fsp3) is 0. The largest absolute Gasteiger partial charge is 0.455 e. The first kappa shape index (κ1) is 22.8. The molecule has 0 spiro atoms. The van der Waals surface area contributed by atoms with Gasteiger partial charge in [-0.15, -0.1) is 0 Å². The van der Waals surface area contributed by atoms with Gasteiger partial charge in [0.25, 0.3) is 0 Å². The van der Waals surface area contributed by atoms with Crippen LogP contribution in [0.25, 0.3) is 98.7 Å². The number of furan rings is 2. The van der Waals surface area contributed by atoms with Crippen LogP contribution < -0.4 is 0 Å². The summed E-state index contributed by atoms with van der Waals surface area (Å²) in [6.45, 7) is 0. The Balaban J connectivity index is 1.25. The number of benzene rings is 7. The summed E-state index contributed by atoms with van der Waals surface area (Å²) in [5.74, 6) is 0. The molecule has 0 aliphatic rings. The van der Waals surface area contributed by atoms with Gasteiger partial charge < -0.3 is 13.8 Å². The number of rotatable bonds is 2. The van der Waals surface area contributed by atoms with Crippen molar-refractivity contribution in [3.63, 3.8) is 0 Å². The molecular formula is C40H23NO2. The molecular weight excluding hydrogens is 526 g/mol. The van der Waals surface area contributed by atoms with Gasteiger partial charge in [0.15, 0.2) is 0 Å². The number of fused-ring (bicyclic) bond motifs is 11. The highest BCUT2D eigenvalue weighted by molar-refractivity contribution is 6.23. The molecule has 0 saturated carbocycles. The molecule has 0 aliphatic heterocycles. The van der Waals surface area contributed by atoms with Crippen molar-refractivity contribution in [1.82, 2.24) is 4.98 Å². The summed E-state index contributed by atoms with van der Waals surface area (Å²) in [6, 6.07) is 47.0. The van der Waals surface area contributed by atoms with Crippen LogP contribution in [0.1, 0.15) is 0 Å². The van der Waals surface area contributed by atoms with E-state index in [1.165, 1.54) is 21.5 Å². The molecule has 0 unspecified atom stereocenters. The first-order valence-corrected chi connectivity index (χ1v) is 14.6. The molecule has 3 heterocycles. The highest BCUT2D eigenvalue weighted by Gasteiger charge is 2.20. The number of aromatic amines is 1. The van der Waals surface area contributed by atoms with Gasteiger partial charge in [0.1, 0.15) is 22.3 Å². The minimum atomic E-state index is 0.868. The van der Waals surface area contributed by atoms with Crippen LogP contribution in [0.3, 0.4) is 0 Å². The molecule has 0 saturated heterocycles. The number of hydrogen-bond donors (Lipinski definition) is 1. The molecule has 0 atom stereocenters. The molecule has 43 heavy (non-hydrogen) atoms. The lowest BCUT2D eigenvalue weighted by Gasteiger charge is -2.05. The van der Waals surface area contributed by atoms with Crippen molar-refractivity contribution in [2.24, 2.45) is 0 Å². The van der Waals surface area contributed by atoms with Crippen LogP contribution in [-0.4, -0.2) is 4.98 Å². The second kappa shape index (κ2) is 8.37. The zero-order valence-corrected chi connectivity index (χ0v) is 23.0. The van der Waals surface area contributed by atoms with Gasteiger partial charge in [-0.25, -0.2) is 0 Å². The Bertz CT molecular complexity index is 2740. The van der Waals surface area contributed by atoms with Crippen molar-refractivity contribution in [1.29, 1.82) is 0 Å². The zero-order valence-electron chi connectivity index (χ0n) is 23.0. The summed E-state index contributed by atoms with van der Waals surface area (Å²) in [7, 11) is 0. The van der Waals surface area contributed by atoms with Crippen LogP contribution in [0, 0.1) is 0 Å².